The van der Waals surface area contributed by atoms with Crippen molar-refractivity contribution in [2.24, 2.45) is 7.05 Å². The first-order chi connectivity index (χ1) is 9.28. The molecule has 0 radical (unpaired) electrons. The third-order valence-electron chi connectivity index (χ3n) is 3.99. The molecule has 0 amide bonds. The van der Waals surface area contributed by atoms with Gasteiger partial charge in [-0.15, -0.1) is 0 Å². The molecule has 1 fully saturated rings. The molecule has 3 rings (SSSR count). The summed E-state index contributed by atoms with van der Waals surface area (Å²) in [4.78, 5) is 0. The fraction of sp³-hybridized carbons (Fsp3) is 0.438. The minimum atomic E-state index is 0.473. The molecule has 1 aromatic heterocycles. The van der Waals surface area contributed by atoms with Gasteiger partial charge in [-0.3, -0.25) is 4.68 Å². The lowest BCUT2D eigenvalue weighted by atomic mass is 10.1. The second kappa shape index (κ2) is 5.17. The second-order valence-electron chi connectivity index (χ2n) is 5.28. The van der Waals surface area contributed by atoms with Crippen LogP contribution in [0.5, 0.6) is 0 Å². The van der Waals surface area contributed by atoms with Crippen molar-refractivity contribution in [1.29, 1.82) is 0 Å². The van der Waals surface area contributed by atoms with Crippen LogP contribution in [-0.4, -0.2) is 16.3 Å². The molecule has 0 saturated carbocycles. The normalized spacial score (nSPS) is 18.9. The second-order valence-corrected chi connectivity index (χ2v) is 5.28. The Balaban J connectivity index is 1.90. The minimum absolute atomic E-state index is 0.473. The van der Waals surface area contributed by atoms with E-state index in [1.165, 1.54) is 29.7 Å². The lowest BCUT2D eigenvalue weighted by Crippen LogP contribution is -2.16. The van der Waals surface area contributed by atoms with Crippen molar-refractivity contribution < 1.29 is 0 Å². The first-order valence-corrected chi connectivity index (χ1v) is 7.14. The highest BCUT2D eigenvalue weighted by Crippen LogP contribution is 2.27. The van der Waals surface area contributed by atoms with Gasteiger partial charge in [-0.05, 0) is 37.4 Å². The quantitative estimate of drug-likeness (QED) is 0.913. The van der Waals surface area contributed by atoms with Gasteiger partial charge in [0.1, 0.15) is 0 Å². The van der Waals surface area contributed by atoms with Crippen LogP contribution in [0, 0.1) is 0 Å². The Hall–Kier alpha value is -1.61. The Morgan fingerprint density at radius 3 is 2.74 bits per heavy atom. The number of aryl methyl sites for hydroxylation is 2. The molecule has 1 unspecified atom stereocenters. The van der Waals surface area contributed by atoms with Crippen molar-refractivity contribution in [2.45, 2.75) is 32.2 Å². The average molecular weight is 255 g/mol. The highest BCUT2D eigenvalue weighted by Gasteiger charge is 2.20. The summed E-state index contributed by atoms with van der Waals surface area (Å²) >= 11 is 0. The van der Waals surface area contributed by atoms with E-state index in [2.05, 4.69) is 47.7 Å². The Labute approximate surface area is 114 Å². The predicted molar refractivity (Wildman–Crippen MR) is 78.0 cm³/mol. The van der Waals surface area contributed by atoms with Crippen LogP contribution < -0.4 is 5.32 Å². The monoisotopic (exact) mass is 255 g/mol. The van der Waals surface area contributed by atoms with Gasteiger partial charge in [0.05, 0.1) is 11.4 Å². The Kier molecular flexibility index (Phi) is 3.38. The Morgan fingerprint density at radius 1 is 1.32 bits per heavy atom. The van der Waals surface area contributed by atoms with Gasteiger partial charge >= 0.3 is 0 Å². The van der Waals surface area contributed by atoms with Gasteiger partial charge in [-0.1, -0.05) is 31.2 Å². The SMILES string of the molecule is CCc1ccc(-c2cc(C3CCCN3)n(C)n2)cc1. The third-order valence-corrected chi connectivity index (χ3v) is 3.99. The van der Waals surface area contributed by atoms with E-state index in [0.717, 1.165) is 18.7 Å². The fourth-order valence-corrected chi connectivity index (χ4v) is 2.80. The molecule has 0 aliphatic carbocycles. The molecule has 3 heteroatoms. The summed E-state index contributed by atoms with van der Waals surface area (Å²) in [5.74, 6) is 0. The zero-order chi connectivity index (χ0) is 13.2. The molecule has 1 aromatic carbocycles. The molecule has 19 heavy (non-hydrogen) atoms. The van der Waals surface area contributed by atoms with Gasteiger partial charge in [0.25, 0.3) is 0 Å². The predicted octanol–water partition coefficient (Wildman–Crippen LogP) is 3.07. The summed E-state index contributed by atoms with van der Waals surface area (Å²) in [5, 5.41) is 8.19. The molecule has 0 spiro atoms. The highest BCUT2D eigenvalue weighted by atomic mass is 15.3. The molecular formula is C16H21N3. The van der Waals surface area contributed by atoms with E-state index in [1.54, 1.807) is 0 Å². The van der Waals surface area contributed by atoms with Gasteiger partial charge in [0.15, 0.2) is 0 Å². The van der Waals surface area contributed by atoms with Crippen molar-refractivity contribution >= 4 is 0 Å². The van der Waals surface area contributed by atoms with E-state index in [4.69, 9.17) is 0 Å². The number of hydrogen-bond acceptors (Lipinski definition) is 2. The molecule has 0 bridgehead atoms. The number of hydrogen-bond donors (Lipinski definition) is 1. The highest BCUT2D eigenvalue weighted by molar-refractivity contribution is 5.60. The molecule has 2 heterocycles. The smallest absolute Gasteiger partial charge is 0.0926 e. The minimum Gasteiger partial charge on any atom is -0.309 e. The number of benzene rings is 1. The maximum absolute atomic E-state index is 4.66. The topological polar surface area (TPSA) is 29.9 Å². The lowest BCUT2D eigenvalue weighted by Gasteiger charge is -2.09. The third kappa shape index (κ3) is 2.43. The first-order valence-electron chi connectivity index (χ1n) is 7.14. The van der Waals surface area contributed by atoms with Crippen LogP contribution in [0.4, 0.5) is 0 Å². The standard InChI is InChI=1S/C16H21N3/c1-3-12-6-8-13(9-7-12)15-11-16(19(2)18-15)14-5-4-10-17-14/h6-9,11,14,17H,3-5,10H2,1-2H3. The van der Waals surface area contributed by atoms with Gasteiger partial charge in [0.2, 0.25) is 0 Å². The van der Waals surface area contributed by atoms with Crippen LogP contribution in [-0.2, 0) is 13.5 Å². The van der Waals surface area contributed by atoms with Crippen molar-refractivity contribution in [1.82, 2.24) is 15.1 Å². The number of rotatable bonds is 3. The summed E-state index contributed by atoms with van der Waals surface area (Å²) < 4.78 is 2.02. The zero-order valence-electron chi connectivity index (χ0n) is 11.7. The molecule has 2 aromatic rings. The van der Waals surface area contributed by atoms with E-state index in [-0.39, 0.29) is 0 Å². The number of nitrogens with zero attached hydrogens (tertiary/aromatic N) is 2. The largest absolute Gasteiger partial charge is 0.309 e. The molecule has 100 valence electrons. The fourth-order valence-electron chi connectivity index (χ4n) is 2.80. The summed E-state index contributed by atoms with van der Waals surface area (Å²) in [5.41, 5.74) is 4.95. The van der Waals surface area contributed by atoms with Crippen LogP contribution in [0.2, 0.25) is 0 Å². The maximum atomic E-state index is 4.66. The molecular weight excluding hydrogens is 234 g/mol. The maximum Gasteiger partial charge on any atom is 0.0926 e. The lowest BCUT2D eigenvalue weighted by molar-refractivity contribution is 0.574. The number of nitrogens with one attached hydrogen (secondary N) is 1. The van der Waals surface area contributed by atoms with Crippen LogP contribution in [0.25, 0.3) is 11.3 Å². The van der Waals surface area contributed by atoms with Crippen LogP contribution in [0.15, 0.2) is 30.3 Å². The Morgan fingerprint density at radius 2 is 2.11 bits per heavy atom. The molecule has 3 nitrogen and oxygen atoms in total. The van der Waals surface area contributed by atoms with E-state index >= 15 is 0 Å². The molecule has 1 atom stereocenters. The summed E-state index contributed by atoms with van der Waals surface area (Å²) in [6.45, 7) is 3.30. The zero-order valence-corrected chi connectivity index (χ0v) is 11.7. The summed E-state index contributed by atoms with van der Waals surface area (Å²) in [7, 11) is 2.04. The Bertz CT molecular complexity index is 548. The van der Waals surface area contributed by atoms with Crippen molar-refractivity contribution in [2.75, 3.05) is 6.54 Å². The molecule has 1 aliphatic rings. The van der Waals surface area contributed by atoms with E-state index < -0.39 is 0 Å². The van der Waals surface area contributed by atoms with Crippen molar-refractivity contribution in [3.05, 3.63) is 41.6 Å². The van der Waals surface area contributed by atoms with Crippen LogP contribution >= 0.6 is 0 Å². The first kappa shape index (κ1) is 12.4. The molecule has 1 aliphatic heterocycles. The van der Waals surface area contributed by atoms with E-state index in [9.17, 15) is 0 Å². The van der Waals surface area contributed by atoms with Gasteiger partial charge in [0, 0.05) is 18.7 Å². The van der Waals surface area contributed by atoms with Gasteiger partial charge < -0.3 is 5.32 Å². The van der Waals surface area contributed by atoms with Gasteiger partial charge in [-0.2, -0.15) is 5.10 Å². The van der Waals surface area contributed by atoms with Crippen LogP contribution in [0.1, 0.15) is 37.1 Å². The van der Waals surface area contributed by atoms with E-state index in [0.29, 0.717) is 6.04 Å². The number of aromatic nitrogens is 2. The summed E-state index contributed by atoms with van der Waals surface area (Å²) in [6.07, 6.45) is 3.56. The van der Waals surface area contributed by atoms with Crippen molar-refractivity contribution in [3.63, 3.8) is 0 Å². The van der Waals surface area contributed by atoms with Crippen LogP contribution in [0.3, 0.4) is 0 Å². The molecule has 1 N–H and O–H groups in total. The average Bonchev–Trinajstić information content (AvgIpc) is 3.08. The molecule has 1 saturated heterocycles. The van der Waals surface area contributed by atoms with Gasteiger partial charge in [-0.25, -0.2) is 0 Å². The van der Waals surface area contributed by atoms with Crippen molar-refractivity contribution in [3.8, 4) is 11.3 Å². The van der Waals surface area contributed by atoms with E-state index in [1.807, 2.05) is 11.7 Å². The summed E-state index contributed by atoms with van der Waals surface area (Å²) in [6, 6.07) is 11.4.